The van der Waals surface area contributed by atoms with Crippen molar-refractivity contribution in [1.29, 1.82) is 0 Å². The number of piperidine rings is 1. The average Bonchev–Trinajstić information content (AvgIpc) is 3.45. The minimum absolute atomic E-state index is 0.118. The summed E-state index contributed by atoms with van der Waals surface area (Å²) in [5.74, 6) is 1.07. The number of ether oxygens (including phenoxy) is 1. The lowest BCUT2D eigenvalue weighted by atomic mass is 10.0. The molecule has 3 saturated carbocycles. The minimum atomic E-state index is -3.67. The van der Waals surface area contributed by atoms with Crippen LogP contribution < -0.4 is 9.62 Å². The molecule has 1 amide bonds. The van der Waals surface area contributed by atoms with Crippen LogP contribution in [-0.2, 0) is 21.4 Å². The molecule has 7 rings (SSSR count). The largest absolute Gasteiger partial charge is 0.373 e. The second-order valence-corrected chi connectivity index (χ2v) is 15.2. The first kappa shape index (κ1) is 29.1. The lowest BCUT2D eigenvalue weighted by Gasteiger charge is -2.33. The SMILES string of the molecule is O=C(NS(=O)(=O)C1CCCCC1)c1ccc(N2C[C@@H]3C[C@H]2C[C@H]3OCc2c(-c3c(Cl)cccc3Cl)noc2C2CC2)cc1. The second-order valence-electron chi connectivity index (χ2n) is 12.4. The third-order valence-electron chi connectivity index (χ3n) is 9.57. The number of carbonyl (C=O) groups excluding carboxylic acids is 1. The van der Waals surface area contributed by atoms with Crippen molar-refractivity contribution in [3.63, 3.8) is 0 Å². The van der Waals surface area contributed by atoms with E-state index >= 15 is 0 Å². The van der Waals surface area contributed by atoms with E-state index in [1.807, 2.05) is 30.3 Å². The molecule has 8 nitrogen and oxygen atoms in total. The van der Waals surface area contributed by atoms with E-state index in [2.05, 4.69) is 14.8 Å². The molecule has 2 bridgehead atoms. The number of aromatic nitrogens is 1. The van der Waals surface area contributed by atoms with E-state index in [4.69, 9.17) is 32.5 Å². The quantitative estimate of drug-likeness (QED) is 0.265. The molecule has 2 aromatic carbocycles. The van der Waals surface area contributed by atoms with Gasteiger partial charge in [0.05, 0.1) is 28.0 Å². The maximum atomic E-state index is 12.8. The van der Waals surface area contributed by atoms with Crippen LogP contribution in [0, 0.1) is 5.92 Å². The number of sulfonamides is 1. The smallest absolute Gasteiger partial charge is 0.264 e. The van der Waals surface area contributed by atoms with Crippen molar-refractivity contribution in [2.45, 2.75) is 87.7 Å². The zero-order valence-electron chi connectivity index (χ0n) is 23.8. The monoisotopic (exact) mass is 643 g/mol. The van der Waals surface area contributed by atoms with E-state index in [1.165, 1.54) is 0 Å². The molecule has 0 radical (unpaired) electrons. The summed E-state index contributed by atoms with van der Waals surface area (Å²) in [5.41, 5.74) is 3.67. The first-order chi connectivity index (χ1) is 20.8. The van der Waals surface area contributed by atoms with Crippen LogP contribution in [0.3, 0.4) is 0 Å². The number of anilines is 1. The molecule has 228 valence electrons. The van der Waals surface area contributed by atoms with E-state index in [0.29, 0.717) is 64.2 Å². The molecule has 11 heteroatoms. The van der Waals surface area contributed by atoms with Crippen LogP contribution >= 0.6 is 23.2 Å². The Hall–Kier alpha value is -2.59. The normalized spacial score (nSPS) is 24.0. The van der Waals surface area contributed by atoms with Gasteiger partial charge in [0.2, 0.25) is 10.0 Å². The number of rotatable bonds is 9. The van der Waals surface area contributed by atoms with Crippen molar-refractivity contribution in [2.75, 3.05) is 11.4 Å². The summed E-state index contributed by atoms with van der Waals surface area (Å²) >= 11 is 13.0. The van der Waals surface area contributed by atoms with Gasteiger partial charge in [-0.15, -0.1) is 0 Å². The van der Waals surface area contributed by atoms with E-state index in [0.717, 1.165) is 68.5 Å². The molecule has 0 unspecified atom stereocenters. The average molecular weight is 645 g/mol. The summed E-state index contributed by atoms with van der Waals surface area (Å²) in [7, 11) is -3.67. The third kappa shape index (κ3) is 5.81. The Bertz CT molecular complexity index is 1600. The van der Waals surface area contributed by atoms with Gasteiger partial charge in [0.1, 0.15) is 11.5 Å². The van der Waals surface area contributed by atoms with Gasteiger partial charge in [-0.3, -0.25) is 4.79 Å². The van der Waals surface area contributed by atoms with Crippen molar-refractivity contribution < 1.29 is 22.5 Å². The first-order valence-electron chi connectivity index (χ1n) is 15.3. The van der Waals surface area contributed by atoms with Gasteiger partial charge in [-0.25, -0.2) is 13.1 Å². The van der Waals surface area contributed by atoms with Crippen LogP contribution in [0.25, 0.3) is 11.3 Å². The van der Waals surface area contributed by atoms with Gasteiger partial charge in [0.25, 0.3) is 5.91 Å². The highest BCUT2D eigenvalue weighted by atomic mass is 35.5. The van der Waals surface area contributed by atoms with E-state index in [-0.39, 0.29) is 6.10 Å². The molecule has 1 N–H and O–H groups in total. The predicted molar refractivity (Wildman–Crippen MR) is 166 cm³/mol. The Kier molecular flexibility index (Phi) is 7.95. The topological polar surface area (TPSA) is 102 Å². The summed E-state index contributed by atoms with van der Waals surface area (Å²) in [6.07, 6.45) is 8.27. The molecular weight excluding hydrogens is 609 g/mol. The molecule has 0 spiro atoms. The van der Waals surface area contributed by atoms with Crippen molar-refractivity contribution in [3.8, 4) is 11.3 Å². The molecule has 1 saturated heterocycles. The highest BCUT2D eigenvalue weighted by molar-refractivity contribution is 7.90. The highest BCUT2D eigenvalue weighted by Crippen LogP contribution is 2.47. The Morgan fingerprint density at radius 1 is 1.00 bits per heavy atom. The first-order valence-corrected chi connectivity index (χ1v) is 17.6. The number of halogens is 2. The molecule has 3 atom stereocenters. The molecule has 4 aliphatic rings. The third-order valence-corrected chi connectivity index (χ3v) is 12.0. The Balaban J connectivity index is 0.986. The second kappa shape index (κ2) is 11.7. The number of amides is 1. The molecule has 43 heavy (non-hydrogen) atoms. The maximum Gasteiger partial charge on any atom is 0.264 e. The Morgan fingerprint density at radius 3 is 2.37 bits per heavy atom. The van der Waals surface area contributed by atoms with Gasteiger partial charge < -0.3 is 14.2 Å². The van der Waals surface area contributed by atoms with E-state index in [9.17, 15) is 13.2 Å². The fourth-order valence-corrected chi connectivity index (χ4v) is 9.19. The predicted octanol–water partition coefficient (Wildman–Crippen LogP) is 7.10. The Morgan fingerprint density at radius 2 is 1.72 bits per heavy atom. The summed E-state index contributed by atoms with van der Waals surface area (Å²) in [6, 6.07) is 13.0. The van der Waals surface area contributed by atoms with Crippen LogP contribution in [0.15, 0.2) is 47.0 Å². The molecule has 1 aliphatic heterocycles. The maximum absolute atomic E-state index is 12.8. The van der Waals surface area contributed by atoms with E-state index in [1.54, 1.807) is 12.1 Å². The molecular formula is C32H35Cl2N3O5S. The van der Waals surface area contributed by atoms with Gasteiger partial charge in [0.15, 0.2) is 0 Å². The number of carbonyl (C=O) groups is 1. The molecule has 3 aromatic rings. The van der Waals surface area contributed by atoms with Gasteiger partial charge in [-0.05, 0) is 74.9 Å². The number of fused-ring (bicyclic) bond motifs is 2. The highest BCUT2D eigenvalue weighted by Gasteiger charge is 2.46. The number of benzene rings is 2. The molecule has 4 fully saturated rings. The molecule has 3 aliphatic carbocycles. The molecule has 2 heterocycles. The van der Waals surface area contributed by atoms with Crippen LogP contribution in [0.5, 0.6) is 0 Å². The number of nitrogens with zero attached hydrogens (tertiary/aromatic N) is 2. The summed E-state index contributed by atoms with van der Waals surface area (Å²) in [6.45, 7) is 1.26. The van der Waals surface area contributed by atoms with Crippen LogP contribution in [-0.4, -0.2) is 43.4 Å². The zero-order valence-corrected chi connectivity index (χ0v) is 26.1. The lowest BCUT2D eigenvalue weighted by molar-refractivity contribution is 0.0122. The minimum Gasteiger partial charge on any atom is -0.373 e. The van der Waals surface area contributed by atoms with Crippen molar-refractivity contribution in [1.82, 2.24) is 9.88 Å². The Labute approximate surface area is 262 Å². The number of nitrogens with one attached hydrogen (secondary N) is 1. The number of hydrogen-bond donors (Lipinski definition) is 1. The standard InChI is InChI=1S/C32H35Cl2N3O5S/c33-26-7-4-8-27(34)29(26)30-25(31(42-35-30)19-9-10-19)18-41-28-16-23-15-21(28)17-37(23)22-13-11-20(12-14-22)32(38)36-43(39,40)24-5-2-1-3-6-24/h4,7-8,11-14,19,21,23-24,28H,1-3,5-6,9-10,15-18H2,(H,36,38)/t21-,23-,28+/m0/s1. The van der Waals surface area contributed by atoms with Crippen LogP contribution in [0.2, 0.25) is 10.0 Å². The van der Waals surface area contributed by atoms with Crippen LogP contribution in [0.1, 0.15) is 85.4 Å². The summed E-state index contributed by atoms with van der Waals surface area (Å²) in [5, 5.41) is 4.97. The van der Waals surface area contributed by atoms with Gasteiger partial charge in [-0.1, -0.05) is 53.7 Å². The van der Waals surface area contributed by atoms with Crippen molar-refractivity contribution >= 4 is 44.8 Å². The van der Waals surface area contributed by atoms with Crippen molar-refractivity contribution in [2.24, 2.45) is 5.92 Å². The fourth-order valence-electron chi connectivity index (χ4n) is 7.12. The summed E-state index contributed by atoms with van der Waals surface area (Å²) < 4.78 is 40.0. The van der Waals surface area contributed by atoms with Gasteiger partial charge in [-0.2, -0.15) is 0 Å². The zero-order chi connectivity index (χ0) is 29.7. The number of hydrogen-bond acceptors (Lipinski definition) is 7. The van der Waals surface area contributed by atoms with E-state index < -0.39 is 21.2 Å². The van der Waals surface area contributed by atoms with Crippen molar-refractivity contribution in [3.05, 3.63) is 69.4 Å². The lowest BCUT2D eigenvalue weighted by Crippen LogP contribution is -2.39. The summed E-state index contributed by atoms with van der Waals surface area (Å²) in [4.78, 5) is 15.1. The van der Waals surface area contributed by atoms with Gasteiger partial charge in [0, 0.05) is 46.8 Å². The molecule has 1 aromatic heterocycles. The fraction of sp³-hybridized carbons (Fsp3) is 0.500. The van der Waals surface area contributed by atoms with Crippen LogP contribution in [0.4, 0.5) is 5.69 Å². The van der Waals surface area contributed by atoms with Gasteiger partial charge >= 0.3 is 0 Å².